The van der Waals surface area contributed by atoms with E-state index in [9.17, 15) is 9.59 Å². The number of amides is 2. The van der Waals surface area contributed by atoms with E-state index in [-0.39, 0.29) is 18.6 Å². The van der Waals surface area contributed by atoms with Crippen LogP contribution in [0, 0.1) is 6.92 Å². The van der Waals surface area contributed by atoms with Crippen LogP contribution in [-0.4, -0.2) is 49.1 Å². The molecule has 0 radical (unpaired) electrons. The van der Waals surface area contributed by atoms with Crippen molar-refractivity contribution in [3.8, 4) is 5.75 Å². The zero-order valence-corrected chi connectivity index (χ0v) is 13.3. The fourth-order valence-corrected chi connectivity index (χ4v) is 2.74. The molecular weight excluding hydrogens is 308 g/mol. The van der Waals surface area contributed by atoms with Crippen molar-refractivity contribution in [2.75, 3.05) is 20.3 Å². The van der Waals surface area contributed by atoms with Gasteiger partial charge in [0.15, 0.2) is 6.61 Å². The first-order chi connectivity index (χ1) is 10.4. The molecule has 22 heavy (non-hydrogen) atoms. The highest BCUT2D eigenvalue weighted by Crippen LogP contribution is 2.23. The average Bonchev–Trinajstić information content (AvgIpc) is 2.90. The second-order valence-electron chi connectivity index (χ2n) is 5.26. The third-order valence-corrected chi connectivity index (χ3v) is 3.97. The van der Waals surface area contributed by atoms with Crippen LogP contribution in [0.3, 0.4) is 0 Å². The molecule has 6 nitrogen and oxygen atoms in total. The standard InChI is InChI=1S/C15H19ClN2O4/c1-9-5-10(16)3-4-13(9)22-8-14(19)18-7-11(21-2)6-12(18)15(17)20/h3-5,11-12H,6-8H2,1-2H3,(H2,17,20)/t11-,12-/m0/s1. The molecule has 2 amide bonds. The summed E-state index contributed by atoms with van der Waals surface area (Å²) in [5, 5.41) is 0.604. The second-order valence-corrected chi connectivity index (χ2v) is 5.69. The van der Waals surface area contributed by atoms with Crippen LogP contribution in [0.25, 0.3) is 0 Å². The highest BCUT2D eigenvalue weighted by Gasteiger charge is 2.38. The fourth-order valence-electron chi connectivity index (χ4n) is 2.51. The van der Waals surface area contributed by atoms with Gasteiger partial charge in [0, 0.05) is 25.1 Å². The van der Waals surface area contributed by atoms with E-state index in [1.165, 1.54) is 4.90 Å². The molecular formula is C15H19ClN2O4. The monoisotopic (exact) mass is 326 g/mol. The smallest absolute Gasteiger partial charge is 0.261 e. The van der Waals surface area contributed by atoms with Crippen LogP contribution in [0.1, 0.15) is 12.0 Å². The molecule has 7 heteroatoms. The van der Waals surface area contributed by atoms with Gasteiger partial charge in [-0.2, -0.15) is 0 Å². The van der Waals surface area contributed by atoms with Crippen molar-refractivity contribution < 1.29 is 19.1 Å². The molecule has 1 aromatic carbocycles. The molecule has 1 heterocycles. The lowest BCUT2D eigenvalue weighted by molar-refractivity contribution is -0.139. The molecule has 0 bridgehead atoms. The van der Waals surface area contributed by atoms with Crippen molar-refractivity contribution >= 4 is 23.4 Å². The lowest BCUT2D eigenvalue weighted by Crippen LogP contribution is -2.45. The molecule has 0 aliphatic carbocycles. The molecule has 0 spiro atoms. The number of nitrogens with zero attached hydrogens (tertiary/aromatic N) is 1. The van der Waals surface area contributed by atoms with Crippen molar-refractivity contribution in [2.24, 2.45) is 5.73 Å². The number of methoxy groups -OCH3 is 1. The van der Waals surface area contributed by atoms with Crippen molar-refractivity contribution in [3.05, 3.63) is 28.8 Å². The topological polar surface area (TPSA) is 81.9 Å². The summed E-state index contributed by atoms with van der Waals surface area (Å²) >= 11 is 5.87. The predicted molar refractivity (Wildman–Crippen MR) is 81.8 cm³/mol. The molecule has 1 aliphatic heterocycles. The van der Waals surface area contributed by atoms with E-state index in [4.69, 9.17) is 26.8 Å². The summed E-state index contributed by atoms with van der Waals surface area (Å²) in [6.07, 6.45) is 0.232. The molecule has 120 valence electrons. The Morgan fingerprint density at radius 3 is 2.77 bits per heavy atom. The Morgan fingerprint density at radius 2 is 2.18 bits per heavy atom. The zero-order valence-electron chi connectivity index (χ0n) is 12.5. The van der Waals surface area contributed by atoms with E-state index in [1.807, 2.05) is 6.92 Å². The Morgan fingerprint density at radius 1 is 1.45 bits per heavy atom. The summed E-state index contributed by atoms with van der Waals surface area (Å²) in [6, 6.07) is 4.51. The van der Waals surface area contributed by atoms with E-state index in [2.05, 4.69) is 0 Å². The summed E-state index contributed by atoms with van der Waals surface area (Å²) in [7, 11) is 1.55. The largest absolute Gasteiger partial charge is 0.483 e. The van der Waals surface area contributed by atoms with Gasteiger partial charge in [-0.05, 0) is 30.7 Å². The minimum Gasteiger partial charge on any atom is -0.483 e. The quantitative estimate of drug-likeness (QED) is 0.879. The molecule has 0 saturated carbocycles. The van der Waals surface area contributed by atoms with E-state index >= 15 is 0 Å². The third-order valence-electron chi connectivity index (χ3n) is 3.73. The number of nitrogens with two attached hydrogens (primary N) is 1. The maximum atomic E-state index is 12.3. The number of hydrogen-bond donors (Lipinski definition) is 1. The summed E-state index contributed by atoms with van der Waals surface area (Å²) in [5.74, 6) is -0.246. The van der Waals surface area contributed by atoms with Crippen LogP contribution in [0.15, 0.2) is 18.2 Å². The Balaban J connectivity index is 2.00. The zero-order chi connectivity index (χ0) is 16.3. The number of likely N-dealkylation sites (tertiary alicyclic amines) is 1. The van der Waals surface area contributed by atoms with Gasteiger partial charge in [-0.15, -0.1) is 0 Å². The van der Waals surface area contributed by atoms with Gasteiger partial charge < -0.3 is 20.1 Å². The van der Waals surface area contributed by atoms with E-state index in [0.29, 0.717) is 23.7 Å². The van der Waals surface area contributed by atoms with Gasteiger partial charge in [0.2, 0.25) is 5.91 Å². The van der Waals surface area contributed by atoms with Crippen LogP contribution in [-0.2, 0) is 14.3 Å². The molecule has 1 fully saturated rings. The van der Waals surface area contributed by atoms with E-state index in [0.717, 1.165) is 5.56 Å². The predicted octanol–water partition coefficient (Wildman–Crippen LogP) is 1.13. The van der Waals surface area contributed by atoms with Crippen molar-refractivity contribution in [1.29, 1.82) is 0 Å². The Kier molecular flexibility index (Phi) is 5.26. The van der Waals surface area contributed by atoms with Gasteiger partial charge in [0.25, 0.3) is 5.91 Å². The van der Waals surface area contributed by atoms with E-state index in [1.54, 1.807) is 25.3 Å². The van der Waals surface area contributed by atoms with Crippen LogP contribution in [0.4, 0.5) is 0 Å². The number of benzene rings is 1. The highest BCUT2D eigenvalue weighted by atomic mass is 35.5. The molecule has 1 aromatic rings. The maximum absolute atomic E-state index is 12.3. The minimum absolute atomic E-state index is 0.164. The summed E-state index contributed by atoms with van der Waals surface area (Å²) < 4.78 is 10.7. The first kappa shape index (κ1) is 16.6. The van der Waals surface area contributed by atoms with Crippen molar-refractivity contribution in [1.82, 2.24) is 4.90 Å². The molecule has 2 rings (SSSR count). The number of ether oxygens (including phenoxy) is 2. The number of hydrogen-bond acceptors (Lipinski definition) is 4. The Hall–Kier alpha value is -1.79. The maximum Gasteiger partial charge on any atom is 0.261 e. The van der Waals surface area contributed by atoms with Gasteiger partial charge in [-0.25, -0.2) is 0 Å². The number of halogens is 1. The van der Waals surface area contributed by atoms with Gasteiger partial charge in [-0.3, -0.25) is 9.59 Å². The second kappa shape index (κ2) is 6.98. The fraction of sp³-hybridized carbons (Fsp3) is 0.467. The lowest BCUT2D eigenvalue weighted by atomic mass is 10.2. The third kappa shape index (κ3) is 3.69. The summed E-state index contributed by atoms with van der Waals surface area (Å²) in [4.78, 5) is 25.2. The highest BCUT2D eigenvalue weighted by molar-refractivity contribution is 6.30. The molecule has 1 saturated heterocycles. The Bertz CT molecular complexity index is 579. The lowest BCUT2D eigenvalue weighted by Gasteiger charge is -2.22. The van der Waals surface area contributed by atoms with Gasteiger partial charge in [0.05, 0.1) is 6.10 Å². The number of carbonyl (C=O) groups is 2. The SMILES string of the molecule is CO[C@H]1C[C@@H](C(N)=O)N(C(=O)COc2ccc(Cl)cc2C)C1. The first-order valence-electron chi connectivity index (χ1n) is 6.93. The molecule has 0 aromatic heterocycles. The van der Waals surface area contributed by atoms with Crippen molar-refractivity contribution in [3.63, 3.8) is 0 Å². The normalized spacial score (nSPS) is 21.0. The molecule has 2 N–H and O–H groups in total. The van der Waals surface area contributed by atoms with Gasteiger partial charge in [-0.1, -0.05) is 11.6 Å². The number of primary amides is 1. The summed E-state index contributed by atoms with van der Waals surface area (Å²) in [6.45, 7) is 2.02. The summed E-state index contributed by atoms with van der Waals surface area (Å²) in [5.41, 5.74) is 6.18. The molecule has 1 aliphatic rings. The van der Waals surface area contributed by atoms with Crippen LogP contribution in [0.2, 0.25) is 5.02 Å². The first-order valence-corrected chi connectivity index (χ1v) is 7.30. The van der Waals surface area contributed by atoms with Gasteiger partial charge in [0.1, 0.15) is 11.8 Å². The molecule has 2 atom stereocenters. The number of aryl methyl sites for hydroxylation is 1. The average molecular weight is 327 g/mol. The van der Waals surface area contributed by atoms with Gasteiger partial charge >= 0.3 is 0 Å². The Labute approximate surface area is 134 Å². The van der Waals surface area contributed by atoms with Crippen LogP contribution in [0.5, 0.6) is 5.75 Å². The number of carbonyl (C=O) groups excluding carboxylic acids is 2. The minimum atomic E-state index is -0.646. The van der Waals surface area contributed by atoms with E-state index < -0.39 is 11.9 Å². The number of rotatable bonds is 5. The van der Waals surface area contributed by atoms with Crippen LogP contribution < -0.4 is 10.5 Å². The van der Waals surface area contributed by atoms with Crippen LogP contribution >= 0.6 is 11.6 Å². The van der Waals surface area contributed by atoms with Crippen molar-refractivity contribution in [2.45, 2.75) is 25.5 Å². The molecule has 0 unspecified atom stereocenters.